The highest BCUT2D eigenvalue weighted by molar-refractivity contribution is 7.99. The molecule has 1 N–H and O–H groups in total. The lowest BCUT2D eigenvalue weighted by molar-refractivity contribution is -0.136. The molecule has 12 heteroatoms. The van der Waals surface area contributed by atoms with E-state index in [1.807, 2.05) is 0 Å². The van der Waals surface area contributed by atoms with Crippen molar-refractivity contribution in [1.29, 1.82) is 0 Å². The van der Waals surface area contributed by atoms with E-state index in [9.17, 15) is 44.3 Å². The Balaban J connectivity index is 2.73. The van der Waals surface area contributed by atoms with Gasteiger partial charge in [-0.2, -0.15) is 0 Å². The third kappa shape index (κ3) is 3.57. The molecule has 0 aromatic heterocycles. The molecule has 27 heavy (non-hydrogen) atoms. The van der Waals surface area contributed by atoms with Gasteiger partial charge in [0, 0.05) is 5.75 Å². The molecule has 2 aromatic carbocycles. The second-order valence-electron chi connectivity index (χ2n) is 4.90. The highest BCUT2D eigenvalue weighted by Gasteiger charge is 2.34. The van der Waals surface area contributed by atoms with E-state index in [0.717, 1.165) is 0 Å². The Bertz CT molecular complexity index is 888. The molecule has 2 nitrogen and oxygen atoms in total. The van der Waals surface area contributed by atoms with Crippen LogP contribution in [-0.4, -0.2) is 16.8 Å². The number of carbonyl (C=O) groups is 1. The van der Waals surface area contributed by atoms with Crippen LogP contribution in [0.4, 0.5) is 39.5 Å². The van der Waals surface area contributed by atoms with E-state index in [1.54, 1.807) is 0 Å². The van der Waals surface area contributed by atoms with Crippen molar-refractivity contribution < 1.29 is 49.4 Å². The van der Waals surface area contributed by atoms with Gasteiger partial charge >= 0.3 is 5.97 Å². The molecule has 0 unspecified atom stereocenters. The van der Waals surface area contributed by atoms with E-state index >= 15 is 0 Å². The Morgan fingerprint density at radius 2 is 0.963 bits per heavy atom. The fraction of sp³-hybridized carbons (Fsp3) is 0.133. The van der Waals surface area contributed by atoms with Gasteiger partial charge in [-0.15, -0.1) is 11.8 Å². The van der Waals surface area contributed by atoms with Crippen molar-refractivity contribution in [3.8, 4) is 11.1 Å². The molecule has 0 aliphatic rings. The molecule has 0 aliphatic heterocycles. The monoisotopic (exact) mass is 420 g/mol. The zero-order valence-corrected chi connectivity index (χ0v) is 13.4. The highest BCUT2D eigenvalue weighted by atomic mass is 32.2. The van der Waals surface area contributed by atoms with Crippen molar-refractivity contribution in [1.82, 2.24) is 0 Å². The van der Waals surface area contributed by atoms with Gasteiger partial charge in [-0.25, -0.2) is 39.5 Å². The fourth-order valence-electron chi connectivity index (χ4n) is 2.02. The van der Waals surface area contributed by atoms with E-state index in [1.165, 1.54) is 0 Å². The minimum Gasteiger partial charge on any atom is -0.481 e. The first-order valence-corrected chi connectivity index (χ1v) is 7.71. The van der Waals surface area contributed by atoms with Gasteiger partial charge in [0.2, 0.25) is 5.82 Å². The quantitative estimate of drug-likeness (QED) is 0.314. The number of halogens is 9. The summed E-state index contributed by atoms with van der Waals surface area (Å²) in [5.41, 5.74) is -4.30. The van der Waals surface area contributed by atoms with Crippen LogP contribution in [-0.2, 0) is 4.79 Å². The topological polar surface area (TPSA) is 37.3 Å². The predicted octanol–water partition coefficient (Wildman–Crippen LogP) is 5.17. The maximum absolute atomic E-state index is 14.1. The van der Waals surface area contributed by atoms with Crippen LogP contribution < -0.4 is 0 Å². The van der Waals surface area contributed by atoms with Crippen molar-refractivity contribution in [2.24, 2.45) is 0 Å². The lowest BCUT2D eigenvalue weighted by Crippen LogP contribution is -2.09. The van der Waals surface area contributed by atoms with Crippen LogP contribution in [0.25, 0.3) is 11.1 Å². The molecule has 0 fully saturated rings. The van der Waals surface area contributed by atoms with Crippen LogP contribution in [0.2, 0.25) is 0 Å². The molecule has 0 amide bonds. The number of rotatable bonds is 5. The van der Waals surface area contributed by atoms with Crippen LogP contribution in [0.1, 0.15) is 6.42 Å². The van der Waals surface area contributed by atoms with Crippen molar-refractivity contribution in [3.05, 3.63) is 52.4 Å². The number of hydrogen-bond donors (Lipinski definition) is 1. The molecule has 2 aromatic rings. The maximum atomic E-state index is 14.1. The third-order valence-corrected chi connectivity index (χ3v) is 4.30. The highest BCUT2D eigenvalue weighted by Crippen LogP contribution is 2.40. The Morgan fingerprint density at radius 3 is 1.33 bits per heavy atom. The van der Waals surface area contributed by atoms with E-state index in [4.69, 9.17) is 5.11 Å². The van der Waals surface area contributed by atoms with E-state index < -0.39 is 86.5 Å². The van der Waals surface area contributed by atoms with Crippen molar-refractivity contribution in [3.63, 3.8) is 0 Å². The van der Waals surface area contributed by atoms with Gasteiger partial charge in [0.05, 0.1) is 22.4 Å². The van der Waals surface area contributed by atoms with Gasteiger partial charge in [-0.3, -0.25) is 4.79 Å². The summed E-state index contributed by atoms with van der Waals surface area (Å²) in [7, 11) is 0. The molecule has 0 saturated carbocycles. The standard InChI is InChI=1S/C15H5F9O2S/c16-6-4(7(17)11(21)12(22)10(6)20)5-8(18)13(23)15(14(24)9(5)19)27-2-1-3(25)26/h1-2H2,(H,25,26). The van der Waals surface area contributed by atoms with Gasteiger partial charge in [0.15, 0.2) is 46.5 Å². The second-order valence-corrected chi connectivity index (χ2v) is 6.00. The third-order valence-electron chi connectivity index (χ3n) is 3.25. The van der Waals surface area contributed by atoms with Crippen LogP contribution in [0.15, 0.2) is 4.90 Å². The summed E-state index contributed by atoms with van der Waals surface area (Å²) in [5, 5.41) is 8.43. The molecule has 0 heterocycles. The van der Waals surface area contributed by atoms with Gasteiger partial charge in [0.25, 0.3) is 0 Å². The molecule has 0 spiro atoms. The smallest absolute Gasteiger partial charge is 0.304 e. The minimum absolute atomic E-state index is 0.0449. The predicted molar refractivity (Wildman–Crippen MR) is 74.5 cm³/mol. The Hall–Kier alpha value is -2.37. The lowest BCUT2D eigenvalue weighted by Gasteiger charge is -2.14. The second kappa shape index (κ2) is 7.71. The Labute approximate surface area is 148 Å². The summed E-state index contributed by atoms with van der Waals surface area (Å²) in [6, 6.07) is 0. The van der Waals surface area contributed by atoms with Crippen LogP contribution >= 0.6 is 11.8 Å². The zero-order valence-electron chi connectivity index (χ0n) is 12.6. The van der Waals surface area contributed by atoms with E-state index in [0.29, 0.717) is 0 Å². The molecule has 0 atom stereocenters. The van der Waals surface area contributed by atoms with Crippen molar-refractivity contribution in [2.75, 3.05) is 5.75 Å². The van der Waals surface area contributed by atoms with E-state index in [-0.39, 0.29) is 11.8 Å². The minimum atomic E-state index is -2.65. The summed E-state index contributed by atoms with van der Waals surface area (Å²) in [6.45, 7) is 0. The van der Waals surface area contributed by atoms with E-state index in [2.05, 4.69) is 0 Å². The average molecular weight is 420 g/mol. The van der Waals surface area contributed by atoms with Crippen LogP contribution in [0.5, 0.6) is 0 Å². The molecule has 0 saturated heterocycles. The maximum Gasteiger partial charge on any atom is 0.304 e. The first-order chi connectivity index (χ1) is 12.5. The van der Waals surface area contributed by atoms with Gasteiger partial charge in [-0.1, -0.05) is 0 Å². The first kappa shape index (κ1) is 20.9. The Kier molecular flexibility index (Phi) is 5.97. The van der Waals surface area contributed by atoms with Crippen LogP contribution in [0.3, 0.4) is 0 Å². The van der Waals surface area contributed by atoms with Crippen LogP contribution in [0, 0.1) is 52.4 Å². The summed E-state index contributed by atoms with van der Waals surface area (Å²) in [4.78, 5) is 9.02. The van der Waals surface area contributed by atoms with Crippen molar-refractivity contribution >= 4 is 17.7 Å². The zero-order chi connectivity index (χ0) is 20.6. The summed E-state index contributed by atoms with van der Waals surface area (Å²) in [6.07, 6.45) is -0.647. The van der Waals surface area contributed by atoms with Gasteiger partial charge in [-0.05, 0) is 0 Å². The molecule has 0 aliphatic carbocycles. The first-order valence-electron chi connectivity index (χ1n) is 6.72. The lowest BCUT2D eigenvalue weighted by atomic mass is 10.0. The molecule has 0 bridgehead atoms. The normalized spacial score (nSPS) is 11.1. The van der Waals surface area contributed by atoms with Gasteiger partial charge in [0.1, 0.15) is 0 Å². The Morgan fingerprint density at radius 1 is 0.630 bits per heavy atom. The molecule has 146 valence electrons. The largest absolute Gasteiger partial charge is 0.481 e. The number of benzene rings is 2. The number of thioether (sulfide) groups is 1. The molecule has 2 rings (SSSR count). The number of carboxylic acids is 1. The number of carboxylic acid groups (broad SMARTS) is 1. The van der Waals surface area contributed by atoms with Crippen molar-refractivity contribution in [2.45, 2.75) is 11.3 Å². The summed E-state index contributed by atoms with van der Waals surface area (Å²) in [5.74, 6) is -24.2. The fourth-order valence-corrected chi connectivity index (χ4v) is 2.94. The SMILES string of the molecule is O=C(O)CCSc1c(F)c(F)c(-c2c(F)c(F)c(F)c(F)c2F)c(F)c1F. The summed E-state index contributed by atoms with van der Waals surface area (Å²) < 4.78 is 123. The molecular weight excluding hydrogens is 415 g/mol. The van der Waals surface area contributed by atoms with Gasteiger partial charge < -0.3 is 5.11 Å². The average Bonchev–Trinajstić information content (AvgIpc) is 2.62. The molecular formula is C15H5F9O2S. The number of hydrogen-bond acceptors (Lipinski definition) is 2. The summed E-state index contributed by atoms with van der Waals surface area (Å²) >= 11 is 0.0449. The molecule has 0 radical (unpaired) electrons. The number of aliphatic carboxylic acids is 1.